The average molecular weight is 465 g/mol. The van der Waals surface area contributed by atoms with Gasteiger partial charge >= 0.3 is 0 Å². The lowest BCUT2D eigenvalue weighted by Crippen LogP contribution is -2.32. The highest BCUT2D eigenvalue weighted by molar-refractivity contribution is 6.46. The van der Waals surface area contributed by atoms with Crippen molar-refractivity contribution in [2.75, 3.05) is 33.8 Å². The van der Waals surface area contributed by atoms with Crippen LogP contribution in [0.3, 0.4) is 0 Å². The van der Waals surface area contributed by atoms with Crippen LogP contribution in [-0.2, 0) is 9.59 Å². The number of Topliss-reactive ketones (excluding diaryl/α,β-unsaturated/α-hetero) is 1. The Hall–Kier alpha value is -3.12. The number of rotatable bonds is 10. The van der Waals surface area contributed by atoms with E-state index in [9.17, 15) is 14.7 Å². The number of benzene rings is 2. The topological polar surface area (TPSA) is 70.1 Å². The minimum Gasteiger partial charge on any atom is -0.507 e. The molecular weight excluding hydrogens is 428 g/mol. The lowest BCUT2D eigenvalue weighted by molar-refractivity contribution is -0.139. The number of aliphatic hydroxyl groups excluding tert-OH is 1. The zero-order chi connectivity index (χ0) is 24.8. The van der Waals surface area contributed by atoms with E-state index in [1.807, 2.05) is 50.2 Å². The van der Waals surface area contributed by atoms with Gasteiger partial charge in [0, 0.05) is 12.1 Å². The van der Waals surface area contributed by atoms with Gasteiger partial charge in [0.25, 0.3) is 11.7 Å². The van der Waals surface area contributed by atoms with Gasteiger partial charge in [0.15, 0.2) is 0 Å². The van der Waals surface area contributed by atoms with Gasteiger partial charge in [0.1, 0.15) is 11.5 Å². The smallest absolute Gasteiger partial charge is 0.295 e. The highest BCUT2D eigenvalue weighted by Gasteiger charge is 2.45. The molecule has 1 N–H and O–H groups in total. The van der Waals surface area contributed by atoms with E-state index in [0.717, 1.165) is 24.9 Å². The van der Waals surface area contributed by atoms with E-state index >= 15 is 0 Å². The molecule has 0 radical (unpaired) electrons. The van der Waals surface area contributed by atoms with Crippen LogP contribution in [-0.4, -0.2) is 60.4 Å². The number of ether oxygens (including phenoxy) is 1. The second-order valence-corrected chi connectivity index (χ2v) is 9.34. The van der Waals surface area contributed by atoms with Crippen LogP contribution < -0.4 is 4.74 Å². The second-order valence-electron chi connectivity index (χ2n) is 9.34. The SMILES string of the molecule is CCCOc1ccc(/C(O)=C2\C(=O)C(=O)N(CCCN(C)C)[C@@H]2c2ccc(C(C)C)cc2)cc1. The number of likely N-dealkylation sites (tertiary alicyclic amines) is 1. The molecule has 2 aromatic carbocycles. The fourth-order valence-corrected chi connectivity index (χ4v) is 4.16. The number of hydrogen-bond acceptors (Lipinski definition) is 5. The predicted octanol–water partition coefficient (Wildman–Crippen LogP) is 4.97. The number of carbonyl (C=O) groups excluding carboxylic acids is 2. The molecule has 0 bridgehead atoms. The highest BCUT2D eigenvalue weighted by atomic mass is 16.5. The molecule has 0 aromatic heterocycles. The first kappa shape index (κ1) is 25.5. The molecule has 3 rings (SSSR count). The van der Waals surface area contributed by atoms with E-state index < -0.39 is 17.7 Å². The fraction of sp³-hybridized carbons (Fsp3) is 0.429. The first-order valence-corrected chi connectivity index (χ1v) is 12.0. The number of nitrogens with zero attached hydrogens (tertiary/aromatic N) is 2. The van der Waals surface area contributed by atoms with Crippen LogP contribution >= 0.6 is 0 Å². The number of aliphatic hydroxyl groups is 1. The number of hydrogen-bond donors (Lipinski definition) is 1. The van der Waals surface area contributed by atoms with Gasteiger partial charge in [-0.2, -0.15) is 0 Å². The molecule has 1 aliphatic rings. The molecule has 6 nitrogen and oxygen atoms in total. The molecule has 182 valence electrons. The molecule has 1 saturated heterocycles. The molecule has 6 heteroatoms. The van der Waals surface area contributed by atoms with Crippen molar-refractivity contribution in [1.82, 2.24) is 9.80 Å². The summed E-state index contributed by atoms with van der Waals surface area (Å²) in [6, 6.07) is 14.3. The molecule has 1 aliphatic heterocycles. The maximum Gasteiger partial charge on any atom is 0.295 e. The first-order valence-electron chi connectivity index (χ1n) is 12.0. The van der Waals surface area contributed by atoms with Gasteiger partial charge in [-0.1, -0.05) is 45.0 Å². The van der Waals surface area contributed by atoms with Crippen LogP contribution in [0.2, 0.25) is 0 Å². The summed E-state index contributed by atoms with van der Waals surface area (Å²) in [4.78, 5) is 29.9. The number of carbonyl (C=O) groups is 2. The molecule has 1 fully saturated rings. The summed E-state index contributed by atoms with van der Waals surface area (Å²) in [7, 11) is 3.95. The van der Waals surface area contributed by atoms with Crippen LogP contribution in [0.25, 0.3) is 5.76 Å². The highest BCUT2D eigenvalue weighted by Crippen LogP contribution is 2.40. The van der Waals surface area contributed by atoms with Crippen molar-refractivity contribution in [1.29, 1.82) is 0 Å². The molecule has 34 heavy (non-hydrogen) atoms. The van der Waals surface area contributed by atoms with Crippen LogP contribution in [0.4, 0.5) is 0 Å². The van der Waals surface area contributed by atoms with Crippen molar-refractivity contribution in [3.8, 4) is 5.75 Å². The third-order valence-electron chi connectivity index (χ3n) is 6.06. The van der Waals surface area contributed by atoms with Crippen molar-refractivity contribution < 1.29 is 19.4 Å². The van der Waals surface area contributed by atoms with Crippen LogP contribution in [0.5, 0.6) is 5.75 Å². The minimum atomic E-state index is -0.647. The number of amides is 1. The summed E-state index contributed by atoms with van der Waals surface area (Å²) < 4.78 is 5.62. The van der Waals surface area contributed by atoms with Gasteiger partial charge in [-0.25, -0.2) is 0 Å². The van der Waals surface area contributed by atoms with E-state index in [0.29, 0.717) is 30.4 Å². The maximum absolute atomic E-state index is 13.2. The largest absolute Gasteiger partial charge is 0.507 e. The summed E-state index contributed by atoms with van der Waals surface area (Å²) >= 11 is 0. The average Bonchev–Trinajstić information content (AvgIpc) is 3.07. The standard InChI is InChI=1S/C28H36N2O4/c1-6-18-34-23-14-12-22(13-15-23)26(31)24-25(21-10-8-20(9-11-21)19(2)3)30(28(33)27(24)32)17-7-16-29(4)5/h8-15,19,25,31H,6-7,16-18H2,1-5H3/b26-24+/t25-/m1/s1. The first-order chi connectivity index (χ1) is 16.2. The van der Waals surface area contributed by atoms with Crippen LogP contribution in [0.15, 0.2) is 54.1 Å². The van der Waals surface area contributed by atoms with E-state index in [1.165, 1.54) is 5.56 Å². The van der Waals surface area contributed by atoms with Crippen molar-refractivity contribution in [3.63, 3.8) is 0 Å². The van der Waals surface area contributed by atoms with Crippen molar-refractivity contribution >= 4 is 17.4 Å². The molecule has 1 heterocycles. The van der Waals surface area contributed by atoms with Gasteiger partial charge in [-0.15, -0.1) is 0 Å². The summed E-state index contributed by atoms with van der Waals surface area (Å²) in [5, 5.41) is 11.2. The Kier molecular flexibility index (Phi) is 8.51. The van der Waals surface area contributed by atoms with Gasteiger partial charge in [-0.3, -0.25) is 9.59 Å². The number of ketones is 1. The van der Waals surface area contributed by atoms with Crippen LogP contribution in [0.1, 0.15) is 62.3 Å². The normalized spacial score (nSPS) is 17.7. The Labute approximate surface area is 202 Å². The molecule has 1 atom stereocenters. The van der Waals surface area contributed by atoms with E-state index in [4.69, 9.17) is 4.74 Å². The van der Waals surface area contributed by atoms with Gasteiger partial charge in [-0.05, 0) is 74.8 Å². The lowest BCUT2D eigenvalue weighted by Gasteiger charge is -2.26. The van der Waals surface area contributed by atoms with Crippen molar-refractivity contribution in [2.45, 2.75) is 45.6 Å². The molecular formula is C28H36N2O4. The Morgan fingerprint density at radius 1 is 1.06 bits per heavy atom. The Bertz CT molecular complexity index is 1020. The molecule has 1 amide bonds. The molecule has 0 spiro atoms. The molecule has 0 unspecified atom stereocenters. The van der Waals surface area contributed by atoms with E-state index in [-0.39, 0.29) is 11.3 Å². The zero-order valence-electron chi connectivity index (χ0n) is 20.9. The van der Waals surface area contributed by atoms with Crippen molar-refractivity contribution in [2.24, 2.45) is 0 Å². The van der Waals surface area contributed by atoms with Gasteiger partial charge in [0.2, 0.25) is 0 Å². The fourth-order valence-electron chi connectivity index (χ4n) is 4.16. The predicted molar refractivity (Wildman–Crippen MR) is 135 cm³/mol. The summed E-state index contributed by atoms with van der Waals surface area (Å²) in [6.45, 7) is 8.11. The van der Waals surface area contributed by atoms with Crippen molar-refractivity contribution in [3.05, 3.63) is 70.8 Å². The monoisotopic (exact) mass is 464 g/mol. The third-order valence-corrected chi connectivity index (χ3v) is 6.06. The molecule has 2 aromatic rings. The van der Waals surface area contributed by atoms with Gasteiger partial charge in [0.05, 0.1) is 18.2 Å². The lowest BCUT2D eigenvalue weighted by atomic mass is 9.93. The van der Waals surface area contributed by atoms with Gasteiger partial charge < -0.3 is 19.6 Å². The minimum absolute atomic E-state index is 0.134. The third kappa shape index (κ3) is 5.68. The summed E-state index contributed by atoms with van der Waals surface area (Å²) in [6.07, 6.45) is 1.62. The van der Waals surface area contributed by atoms with Crippen LogP contribution in [0, 0.1) is 0 Å². The summed E-state index contributed by atoms with van der Waals surface area (Å²) in [5.41, 5.74) is 2.61. The zero-order valence-corrected chi connectivity index (χ0v) is 20.9. The molecule has 0 aliphatic carbocycles. The van der Waals surface area contributed by atoms with E-state index in [1.54, 1.807) is 29.2 Å². The molecule has 0 saturated carbocycles. The Morgan fingerprint density at radius 2 is 1.71 bits per heavy atom. The quantitative estimate of drug-likeness (QED) is 0.305. The Balaban J connectivity index is 2.02. The summed E-state index contributed by atoms with van der Waals surface area (Å²) in [5.74, 6) is -0.307. The maximum atomic E-state index is 13.2. The second kappa shape index (κ2) is 11.3. The van der Waals surface area contributed by atoms with E-state index in [2.05, 4.69) is 13.8 Å². The Morgan fingerprint density at radius 3 is 2.26 bits per heavy atom.